The molecule has 6 aromatic carbocycles. The lowest BCUT2D eigenvalue weighted by Crippen LogP contribution is -2.25. The molecule has 0 amide bonds. The maximum absolute atomic E-state index is 6.81. The van der Waals surface area contributed by atoms with Gasteiger partial charge in [0.2, 0.25) is 0 Å². The van der Waals surface area contributed by atoms with Gasteiger partial charge in [-0.15, -0.1) is 0 Å². The number of fused-ring (bicyclic) bond motifs is 6. The number of hydrogen-bond donors (Lipinski definition) is 0. The number of pyridine rings is 1. The summed E-state index contributed by atoms with van der Waals surface area (Å²) in [5, 5.41) is 4.32. The topological polar surface area (TPSA) is 46.7 Å². The molecular formula is C48H38N4O2. The van der Waals surface area contributed by atoms with Crippen LogP contribution in [0.1, 0.15) is 26.3 Å². The Labute approximate surface area is 313 Å². The second kappa shape index (κ2) is 12.4. The van der Waals surface area contributed by atoms with Gasteiger partial charge in [-0.05, 0) is 76.7 Å². The number of furan rings is 1. The highest BCUT2D eigenvalue weighted by Crippen LogP contribution is 2.40. The van der Waals surface area contributed by atoms with Gasteiger partial charge < -0.3 is 19.0 Å². The van der Waals surface area contributed by atoms with Gasteiger partial charge >= 0.3 is 0 Å². The third-order valence-electron chi connectivity index (χ3n) is 10.5. The smallest absolute Gasteiger partial charge is 0.141 e. The first-order chi connectivity index (χ1) is 26.4. The Morgan fingerprint density at radius 1 is 0.556 bits per heavy atom. The third kappa shape index (κ3) is 5.55. The molecule has 0 radical (unpaired) electrons. The van der Waals surface area contributed by atoms with Gasteiger partial charge in [-0.25, -0.2) is 4.98 Å². The predicted octanol–water partition coefficient (Wildman–Crippen LogP) is 12.6. The van der Waals surface area contributed by atoms with Crippen molar-refractivity contribution in [3.8, 4) is 28.4 Å². The monoisotopic (exact) mass is 702 g/mol. The number of rotatable bonds is 6. The van der Waals surface area contributed by atoms with Crippen LogP contribution >= 0.6 is 0 Å². The van der Waals surface area contributed by atoms with Crippen molar-refractivity contribution in [2.75, 3.05) is 16.5 Å². The minimum Gasteiger partial charge on any atom is -0.457 e. The van der Waals surface area contributed by atoms with Gasteiger partial charge in [0.15, 0.2) is 0 Å². The van der Waals surface area contributed by atoms with Crippen LogP contribution in [0.4, 0.5) is 11.4 Å². The normalized spacial score (nSPS) is 13.2. The van der Waals surface area contributed by atoms with E-state index in [2.05, 4.69) is 163 Å². The number of aromatic nitrogens is 2. The molecular weight excluding hydrogens is 665 g/mol. The lowest BCUT2D eigenvalue weighted by Gasteiger charge is -2.25. The van der Waals surface area contributed by atoms with Crippen molar-refractivity contribution in [1.82, 2.24) is 9.55 Å². The first-order valence-corrected chi connectivity index (χ1v) is 18.4. The predicted molar refractivity (Wildman–Crippen MR) is 222 cm³/mol. The van der Waals surface area contributed by atoms with Crippen LogP contribution in [0.3, 0.4) is 0 Å². The molecule has 0 unspecified atom stereocenters. The Morgan fingerprint density at radius 2 is 1.31 bits per heavy atom. The van der Waals surface area contributed by atoms with E-state index in [0.717, 1.165) is 84.7 Å². The molecule has 0 spiro atoms. The standard InChI is InChI=1S/C48H38N4O2/c1-48(2,3)34-25-36(51-23-22-50(31-51)35-14-8-5-9-15-35)27-38(26-34)53-37-19-20-39-41-24-33(32-12-6-4-7-13-32)18-21-43(41)52(44(39)28-37)47-29-46-42(30-49-47)40-16-10-11-17-45(40)54-46/h4-30H,31H2,1-3H3. The molecule has 0 N–H and O–H groups in total. The highest BCUT2D eigenvalue weighted by Gasteiger charge is 2.22. The number of anilines is 2. The van der Waals surface area contributed by atoms with Gasteiger partial charge in [-0.2, -0.15) is 0 Å². The molecule has 0 atom stereocenters. The van der Waals surface area contributed by atoms with E-state index >= 15 is 0 Å². The van der Waals surface area contributed by atoms with E-state index in [1.807, 2.05) is 36.5 Å². The summed E-state index contributed by atoms with van der Waals surface area (Å²) < 4.78 is 15.4. The van der Waals surface area contributed by atoms with E-state index in [9.17, 15) is 0 Å². The van der Waals surface area contributed by atoms with E-state index in [0.29, 0.717) is 0 Å². The number of ether oxygens (including phenoxy) is 1. The van der Waals surface area contributed by atoms with Crippen LogP contribution in [0.2, 0.25) is 0 Å². The molecule has 1 aliphatic heterocycles. The third-order valence-corrected chi connectivity index (χ3v) is 10.5. The molecule has 10 rings (SSSR count). The number of hydrogen-bond acceptors (Lipinski definition) is 5. The SMILES string of the molecule is CC(C)(C)c1cc(Oc2ccc3c4cc(-c5ccccc5)ccc4n(-c4cc5oc6ccccc6c5cn4)c3c2)cc(N2C=CN(c3ccccc3)C2)c1. The summed E-state index contributed by atoms with van der Waals surface area (Å²) in [5.41, 5.74) is 9.43. The molecule has 6 heteroatoms. The molecule has 262 valence electrons. The largest absolute Gasteiger partial charge is 0.457 e. The zero-order valence-corrected chi connectivity index (χ0v) is 30.4. The molecule has 4 heterocycles. The number of para-hydroxylation sites is 2. The summed E-state index contributed by atoms with van der Waals surface area (Å²) in [6.45, 7) is 7.45. The van der Waals surface area contributed by atoms with Crippen molar-refractivity contribution in [2.45, 2.75) is 26.2 Å². The summed E-state index contributed by atoms with van der Waals surface area (Å²) in [5.74, 6) is 2.32. The van der Waals surface area contributed by atoms with Gasteiger partial charge in [0, 0.05) is 69.7 Å². The zero-order chi connectivity index (χ0) is 36.4. The van der Waals surface area contributed by atoms with Gasteiger partial charge in [-0.1, -0.05) is 93.6 Å². The van der Waals surface area contributed by atoms with Crippen LogP contribution in [0, 0.1) is 0 Å². The lowest BCUT2D eigenvalue weighted by molar-refractivity contribution is 0.479. The highest BCUT2D eigenvalue weighted by molar-refractivity contribution is 6.11. The van der Waals surface area contributed by atoms with Crippen LogP contribution in [0.5, 0.6) is 11.5 Å². The van der Waals surface area contributed by atoms with Crippen molar-refractivity contribution in [3.05, 3.63) is 170 Å². The number of benzene rings is 6. The Morgan fingerprint density at radius 3 is 2.13 bits per heavy atom. The fourth-order valence-corrected chi connectivity index (χ4v) is 7.60. The van der Waals surface area contributed by atoms with Gasteiger partial charge in [0.05, 0.1) is 17.7 Å². The molecule has 0 bridgehead atoms. The van der Waals surface area contributed by atoms with Crippen molar-refractivity contribution in [3.63, 3.8) is 0 Å². The van der Waals surface area contributed by atoms with Crippen LogP contribution in [0.15, 0.2) is 169 Å². The highest BCUT2D eigenvalue weighted by atomic mass is 16.5. The molecule has 3 aromatic heterocycles. The summed E-state index contributed by atoms with van der Waals surface area (Å²) in [6, 6.07) is 50.8. The number of nitrogens with zero attached hydrogens (tertiary/aromatic N) is 4. The molecule has 0 saturated heterocycles. The van der Waals surface area contributed by atoms with Crippen molar-refractivity contribution in [1.29, 1.82) is 0 Å². The molecule has 9 aromatic rings. The van der Waals surface area contributed by atoms with E-state index in [4.69, 9.17) is 14.1 Å². The van der Waals surface area contributed by atoms with Crippen LogP contribution in [-0.4, -0.2) is 16.2 Å². The van der Waals surface area contributed by atoms with E-state index < -0.39 is 0 Å². The van der Waals surface area contributed by atoms with Crippen molar-refractivity contribution in [2.24, 2.45) is 0 Å². The van der Waals surface area contributed by atoms with E-state index in [1.165, 1.54) is 11.1 Å². The summed E-state index contributed by atoms with van der Waals surface area (Å²) >= 11 is 0. The van der Waals surface area contributed by atoms with Gasteiger partial charge in [-0.3, -0.25) is 4.57 Å². The summed E-state index contributed by atoms with van der Waals surface area (Å²) in [7, 11) is 0. The Balaban J connectivity index is 1.09. The second-order valence-corrected chi connectivity index (χ2v) is 15.0. The fourth-order valence-electron chi connectivity index (χ4n) is 7.60. The van der Waals surface area contributed by atoms with E-state index in [1.54, 1.807) is 0 Å². The van der Waals surface area contributed by atoms with E-state index in [-0.39, 0.29) is 5.41 Å². The Kier molecular flexibility index (Phi) is 7.34. The quantitative estimate of drug-likeness (QED) is 0.173. The maximum Gasteiger partial charge on any atom is 0.141 e. The Bertz CT molecular complexity index is 2880. The maximum atomic E-state index is 6.81. The fraction of sp³-hybridized carbons (Fsp3) is 0.104. The first-order valence-electron chi connectivity index (χ1n) is 18.4. The van der Waals surface area contributed by atoms with Crippen LogP contribution < -0.4 is 14.5 Å². The minimum absolute atomic E-state index is 0.0789. The van der Waals surface area contributed by atoms with Crippen LogP contribution in [0.25, 0.3) is 60.7 Å². The summed E-state index contributed by atoms with van der Waals surface area (Å²) in [4.78, 5) is 9.55. The van der Waals surface area contributed by atoms with Gasteiger partial charge in [0.25, 0.3) is 0 Å². The molecule has 54 heavy (non-hydrogen) atoms. The first kappa shape index (κ1) is 31.9. The zero-order valence-electron chi connectivity index (χ0n) is 30.4. The van der Waals surface area contributed by atoms with Crippen molar-refractivity contribution < 1.29 is 9.15 Å². The minimum atomic E-state index is -0.0789. The molecule has 0 aliphatic carbocycles. The average Bonchev–Trinajstić information content (AvgIpc) is 3.92. The second-order valence-electron chi connectivity index (χ2n) is 15.0. The average molecular weight is 703 g/mol. The van der Waals surface area contributed by atoms with Gasteiger partial charge in [0.1, 0.15) is 28.5 Å². The molecule has 0 saturated carbocycles. The molecule has 1 aliphatic rings. The Hall–Kier alpha value is -6.79. The summed E-state index contributed by atoms with van der Waals surface area (Å²) in [6.07, 6.45) is 6.20. The molecule has 6 nitrogen and oxygen atoms in total. The lowest BCUT2D eigenvalue weighted by atomic mass is 9.86. The van der Waals surface area contributed by atoms with Crippen molar-refractivity contribution >= 4 is 55.1 Å². The van der Waals surface area contributed by atoms with Crippen LogP contribution in [-0.2, 0) is 5.41 Å². The molecule has 0 fully saturated rings.